The Morgan fingerprint density at radius 3 is 2.70 bits per heavy atom. The fraction of sp³-hybridized carbons (Fsp3) is 0.588. The molecular formula is C17H25NO2. The molecule has 1 heterocycles. The second-order valence-electron chi connectivity index (χ2n) is 5.68. The molecule has 1 fully saturated rings. The number of hydrogen-bond donors (Lipinski definition) is 1. The minimum atomic E-state index is -0.101. The van der Waals surface area contributed by atoms with E-state index < -0.39 is 0 Å². The predicted molar refractivity (Wildman–Crippen MR) is 81.6 cm³/mol. The summed E-state index contributed by atoms with van der Waals surface area (Å²) in [6.45, 7) is 4.69. The first-order chi connectivity index (χ1) is 9.70. The van der Waals surface area contributed by atoms with E-state index in [9.17, 15) is 4.79 Å². The van der Waals surface area contributed by atoms with E-state index in [1.54, 1.807) is 6.07 Å². The Hall–Kier alpha value is -1.51. The van der Waals surface area contributed by atoms with Crippen molar-refractivity contribution in [1.29, 1.82) is 0 Å². The molecule has 3 heteroatoms. The number of furan rings is 1. The molecule has 0 aromatic carbocycles. The number of carbonyl (C=O) groups is 1. The molecule has 3 nitrogen and oxygen atoms in total. The molecule has 0 atom stereocenters. The van der Waals surface area contributed by atoms with Gasteiger partial charge >= 0.3 is 0 Å². The molecule has 20 heavy (non-hydrogen) atoms. The van der Waals surface area contributed by atoms with Crippen molar-refractivity contribution in [3.8, 4) is 0 Å². The molecule has 0 aliphatic heterocycles. The molecule has 110 valence electrons. The van der Waals surface area contributed by atoms with Crippen molar-refractivity contribution in [3.05, 3.63) is 29.7 Å². The Labute approximate surface area is 121 Å². The number of hydrogen-bond acceptors (Lipinski definition) is 2. The second-order valence-corrected chi connectivity index (χ2v) is 5.68. The van der Waals surface area contributed by atoms with E-state index in [0.29, 0.717) is 5.76 Å². The summed E-state index contributed by atoms with van der Waals surface area (Å²) in [6.07, 6.45) is 9.78. The number of nitrogens with one attached hydrogen (secondary N) is 1. The van der Waals surface area contributed by atoms with Crippen molar-refractivity contribution < 1.29 is 9.21 Å². The van der Waals surface area contributed by atoms with Crippen LogP contribution < -0.4 is 5.32 Å². The Bertz CT molecular complexity index is 467. The van der Waals surface area contributed by atoms with Crippen molar-refractivity contribution in [3.63, 3.8) is 0 Å². The van der Waals surface area contributed by atoms with Crippen LogP contribution in [0.5, 0.6) is 0 Å². The number of carbonyl (C=O) groups excluding carboxylic acids is 1. The van der Waals surface area contributed by atoms with Crippen LogP contribution in [0.1, 0.15) is 68.7 Å². The lowest BCUT2D eigenvalue weighted by Gasteiger charge is -2.21. The molecule has 1 aromatic heterocycles. The van der Waals surface area contributed by atoms with E-state index in [2.05, 4.69) is 5.32 Å². The summed E-state index contributed by atoms with van der Waals surface area (Å²) in [5, 5.41) is 2.96. The molecule has 2 rings (SSSR count). The smallest absolute Gasteiger partial charge is 0.287 e. The molecule has 0 bridgehead atoms. The van der Waals surface area contributed by atoms with Crippen LogP contribution in [0.3, 0.4) is 0 Å². The van der Waals surface area contributed by atoms with Gasteiger partial charge in [-0.25, -0.2) is 0 Å². The van der Waals surface area contributed by atoms with E-state index in [1.807, 2.05) is 26.0 Å². The van der Waals surface area contributed by atoms with Gasteiger partial charge in [-0.2, -0.15) is 0 Å². The lowest BCUT2D eigenvalue weighted by molar-refractivity contribution is 0.0922. The normalized spacial score (nSPS) is 17.2. The second kappa shape index (κ2) is 7.32. The third-order valence-corrected chi connectivity index (χ3v) is 4.21. The summed E-state index contributed by atoms with van der Waals surface area (Å²) in [4.78, 5) is 12.0. The lowest BCUT2D eigenvalue weighted by atomic mass is 9.87. The molecule has 1 amide bonds. The molecular weight excluding hydrogens is 250 g/mol. The maximum Gasteiger partial charge on any atom is 0.287 e. The van der Waals surface area contributed by atoms with Gasteiger partial charge in [0, 0.05) is 6.54 Å². The van der Waals surface area contributed by atoms with Gasteiger partial charge in [-0.05, 0) is 43.9 Å². The van der Waals surface area contributed by atoms with E-state index in [0.717, 1.165) is 30.2 Å². The fourth-order valence-electron chi connectivity index (χ4n) is 2.77. The predicted octanol–water partition coefficient (Wildman–Crippen LogP) is 4.40. The quantitative estimate of drug-likeness (QED) is 0.865. The number of amides is 1. The molecule has 1 aromatic rings. The van der Waals surface area contributed by atoms with Gasteiger partial charge in [-0.3, -0.25) is 4.79 Å². The fourth-order valence-corrected chi connectivity index (χ4v) is 2.77. The van der Waals surface area contributed by atoms with Crippen LogP contribution in [0, 0.1) is 5.92 Å². The van der Waals surface area contributed by atoms with Crippen molar-refractivity contribution in [2.24, 2.45) is 5.92 Å². The Morgan fingerprint density at radius 2 is 2.00 bits per heavy atom. The van der Waals surface area contributed by atoms with Gasteiger partial charge in [0.05, 0.1) is 0 Å². The molecule has 1 aliphatic carbocycles. The molecule has 0 spiro atoms. The summed E-state index contributed by atoms with van der Waals surface area (Å²) in [6, 6.07) is 3.60. The highest BCUT2D eigenvalue weighted by atomic mass is 16.3. The lowest BCUT2D eigenvalue weighted by Crippen LogP contribution is -2.26. The Morgan fingerprint density at radius 1 is 1.30 bits per heavy atom. The van der Waals surface area contributed by atoms with Gasteiger partial charge in [0.15, 0.2) is 5.76 Å². The molecule has 1 aliphatic rings. The summed E-state index contributed by atoms with van der Waals surface area (Å²) in [5.74, 6) is 1.87. The maximum atomic E-state index is 12.0. The highest BCUT2D eigenvalue weighted by Crippen LogP contribution is 2.25. The average molecular weight is 275 g/mol. The van der Waals surface area contributed by atoms with Crippen molar-refractivity contribution >= 4 is 11.5 Å². The van der Waals surface area contributed by atoms with E-state index in [4.69, 9.17) is 4.42 Å². The number of allylic oxidation sites excluding steroid dienone is 2. The number of rotatable bonds is 5. The van der Waals surface area contributed by atoms with Gasteiger partial charge in [0.1, 0.15) is 5.76 Å². The van der Waals surface area contributed by atoms with Crippen molar-refractivity contribution in [1.82, 2.24) is 5.32 Å². The summed E-state index contributed by atoms with van der Waals surface area (Å²) in [5.41, 5.74) is 1.05. The third kappa shape index (κ3) is 3.99. The van der Waals surface area contributed by atoms with Crippen molar-refractivity contribution in [2.45, 2.75) is 52.4 Å². The minimum Gasteiger partial charge on any atom is -0.451 e. The van der Waals surface area contributed by atoms with Gasteiger partial charge in [0.25, 0.3) is 5.91 Å². The van der Waals surface area contributed by atoms with E-state index in [1.165, 1.54) is 32.1 Å². The summed E-state index contributed by atoms with van der Waals surface area (Å²) >= 11 is 0. The van der Waals surface area contributed by atoms with Gasteiger partial charge < -0.3 is 9.73 Å². The molecule has 0 saturated heterocycles. The van der Waals surface area contributed by atoms with E-state index >= 15 is 0 Å². The first kappa shape index (κ1) is 14.9. The minimum absolute atomic E-state index is 0.101. The monoisotopic (exact) mass is 275 g/mol. The zero-order valence-corrected chi connectivity index (χ0v) is 12.6. The average Bonchev–Trinajstić information content (AvgIpc) is 2.97. The SMILES string of the molecule is CC=C(C)c1ccc(C(=O)NCCC2CCCCC2)o1. The molecule has 1 N–H and O–H groups in total. The highest BCUT2D eigenvalue weighted by Gasteiger charge is 2.15. The summed E-state index contributed by atoms with van der Waals surface area (Å²) < 4.78 is 5.56. The summed E-state index contributed by atoms with van der Waals surface area (Å²) in [7, 11) is 0. The molecule has 1 saturated carbocycles. The van der Waals surface area contributed by atoms with Crippen LogP contribution in [0.25, 0.3) is 5.57 Å². The van der Waals surface area contributed by atoms with Crippen LogP contribution in [0.2, 0.25) is 0 Å². The molecule has 0 unspecified atom stereocenters. The standard InChI is InChI=1S/C17H25NO2/c1-3-13(2)15-9-10-16(20-15)17(19)18-12-11-14-7-5-4-6-8-14/h3,9-10,14H,4-8,11-12H2,1-2H3,(H,18,19). The van der Waals surface area contributed by atoms with Crippen LogP contribution in [0.15, 0.2) is 22.6 Å². The van der Waals surface area contributed by atoms with Gasteiger partial charge in [-0.15, -0.1) is 0 Å². The van der Waals surface area contributed by atoms with Crippen LogP contribution >= 0.6 is 0 Å². The van der Waals surface area contributed by atoms with Crippen LogP contribution in [-0.2, 0) is 0 Å². The zero-order valence-electron chi connectivity index (χ0n) is 12.6. The van der Waals surface area contributed by atoms with Crippen molar-refractivity contribution in [2.75, 3.05) is 6.54 Å². The van der Waals surface area contributed by atoms with Crippen LogP contribution in [0.4, 0.5) is 0 Å². The first-order valence-electron chi connectivity index (χ1n) is 7.72. The van der Waals surface area contributed by atoms with Gasteiger partial charge in [0.2, 0.25) is 0 Å². The van der Waals surface area contributed by atoms with Crippen LogP contribution in [-0.4, -0.2) is 12.5 Å². The third-order valence-electron chi connectivity index (χ3n) is 4.21. The van der Waals surface area contributed by atoms with Gasteiger partial charge in [-0.1, -0.05) is 38.2 Å². The topological polar surface area (TPSA) is 42.2 Å². The first-order valence-corrected chi connectivity index (χ1v) is 7.72. The highest BCUT2D eigenvalue weighted by molar-refractivity contribution is 5.91. The molecule has 0 radical (unpaired) electrons. The van der Waals surface area contributed by atoms with E-state index in [-0.39, 0.29) is 5.91 Å². The zero-order chi connectivity index (χ0) is 14.4. The maximum absolute atomic E-state index is 12.0. The Kier molecular flexibility index (Phi) is 5.45. The largest absolute Gasteiger partial charge is 0.451 e. The Balaban J connectivity index is 1.78.